The molecular formula is C17H27NO. The molecule has 2 unspecified atom stereocenters. The molecule has 0 spiro atoms. The van der Waals surface area contributed by atoms with Crippen molar-refractivity contribution in [3.05, 3.63) is 35.4 Å². The number of hydrogen-bond donors (Lipinski definition) is 2. The van der Waals surface area contributed by atoms with Crippen LogP contribution in [0, 0.1) is 11.8 Å². The van der Waals surface area contributed by atoms with E-state index in [2.05, 4.69) is 24.4 Å². The lowest BCUT2D eigenvalue weighted by molar-refractivity contribution is 0.267. The first-order valence-electron chi connectivity index (χ1n) is 7.67. The molecule has 1 saturated carbocycles. The van der Waals surface area contributed by atoms with E-state index in [1.807, 2.05) is 12.1 Å². The zero-order chi connectivity index (χ0) is 13.5. The molecule has 0 amide bonds. The van der Waals surface area contributed by atoms with E-state index in [0.717, 1.165) is 30.5 Å². The molecule has 2 nitrogen and oxygen atoms in total. The van der Waals surface area contributed by atoms with Crippen molar-refractivity contribution in [2.75, 3.05) is 6.54 Å². The Morgan fingerprint density at radius 2 is 1.89 bits per heavy atom. The van der Waals surface area contributed by atoms with Crippen LogP contribution in [0.3, 0.4) is 0 Å². The second-order valence-electron chi connectivity index (χ2n) is 6.08. The first-order chi connectivity index (χ1) is 9.28. The fourth-order valence-electron chi connectivity index (χ4n) is 3.12. The highest BCUT2D eigenvalue weighted by Crippen LogP contribution is 2.30. The van der Waals surface area contributed by atoms with E-state index in [1.165, 1.54) is 37.7 Å². The minimum Gasteiger partial charge on any atom is -0.392 e. The van der Waals surface area contributed by atoms with Gasteiger partial charge in [-0.05, 0) is 42.3 Å². The van der Waals surface area contributed by atoms with Gasteiger partial charge in [0, 0.05) is 6.54 Å². The van der Waals surface area contributed by atoms with E-state index < -0.39 is 0 Å². The largest absolute Gasteiger partial charge is 0.392 e. The molecule has 0 aliphatic heterocycles. The van der Waals surface area contributed by atoms with Crippen LogP contribution in [0.15, 0.2) is 24.3 Å². The zero-order valence-corrected chi connectivity index (χ0v) is 12.1. The Morgan fingerprint density at radius 1 is 1.16 bits per heavy atom. The molecule has 0 bridgehead atoms. The van der Waals surface area contributed by atoms with E-state index in [0.29, 0.717) is 0 Å². The van der Waals surface area contributed by atoms with Crippen molar-refractivity contribution in [2.45, 2.75) is 52.2 Å². The monoisotopic (exact) mass is 261 g/mol. The van der Waals surface area contributed by atoms with Crippen LogP contribution in [0.5, 0.6) is 0 Å². The smallest absolute Gasteiger partial charge is 0.0681 e. The third kappa shape index (κ3) is 4.96. The molecule has 2 heteroatoms. The van der Waals surface area contributed by atoms with Crippen LogP contribution in [-0.4, -0.2) is 11.7 Å². The molecule has 1 aromatic rings. The van der Waals surface area contributed by atoms with Gasteiger partial charge in [0.25, 0.3) is 0 Å². The molecule has 19 heavy (non-hydrogen) atoms. The van der Waals surface area contributed by atoms with Crippen molar-refractivity contribution in [3.8, 4) is 0 Å². The molecule has 0 heterocycles. The van der Waals surface area contributed by atoms with Gasteiger partial charge in [-0.25, -0.2) is 0 Å². The van der Waals surface area contributed by atoms with Gasteiger partial charge < -0.3 is 10.4 Å². The van der Waals surface area contributed by atoms with Crippen LogP contribution in [0.2, 0.25) is 0 Å². The normalized spacial score (nSPS) is 23.5. The summed E-state index contributed by atoms with van der Waals surface area (Å²) in [5.74, 6) is 1.87. The van der Waals surface area contributed by atoms with Crippen molar-refractivity contribution in [3.63, 3.8) is 0 Å². The Balaban J connectivity index is 1.63. The Morgan fingerprint density at radius 3 is 2.58 bits per heavy atom. The third-order valence-corrected chi connectivity index (χ3v) is 4.31. The standard InChI is InChI=1S/C17H27NO/c1-14-3-2-4-15(11-14)9-10-18-12-16-5-7-17(13-19)8-6-16/h5-8,14-15,18-19H,2-4,9-13H2,1H3. The molecule has 2 atom stereocenters. The van der Waals surface area contributed by atoms with Crippen molar-refractivity contribution in [2.24, 2.45) is 11.8 Å². The van der Waals surface area contributed by atoms with Gasteiger partial charge >= 0.3 is 0 Å². The second-order valence-corrected chi connectivity index (χ2v) is 6.08. The minimum atomic E-state index is 0.133. The SMILES string of the molecule is CC1CCCC(CCNCc2ccc(CO)cc2)C1. The molecule has 0 saturated heterocycles. The molecule has 106 valence electrons. The first-order valence-corrected chi connectivity index (χ1v) is 7.67. The van der Waals surface area contributed by atoms with Crippen molar-refractivity contribution in [1.82, 2.24) is 5.32 Å². The molecule has 1 aliphatic carbocycles. The summed E-state index contributed by atoms with van der Waals surface area (Å²) in [7, 11) is 0. The number of hydrogen-bond acceptors (Lipinski definition) is 2. The maximum absolute atomic E-state index is 8.99. The summed E-state index contributed by atoms with van der Waals surface area (Å²) in [6, 6.07) is 8.20. The molecule has 0 aromatic heterocycles. The van der Waals surface area contributed by atoms with E-state index in [-0.39, 0.29) is 6.61 Å². The van der Waals surface area contributed by atoms with Crippen molar-refractivity contribution in [1.29, 1.82) is 0 Å². The number of rotatable bonds is 6. The number of aliphatic hydroxyl groups excluding tert-OH is 1. The van der Waals surface area contributed by atoms with Crippen molar-refractivity contribution >= 4 is 0 Å². The lowest BCUT2D eigenvalue weighted by atomic mass is 9.81. The Hall–Kier alpha value is -0.860. The highest BCUT2D eigenvalue weighted by Gasteiger charge is 2.17. The molecular weight excluding hydrogens is 234 g/mol. The van der Waals surface area contributed by atoms with Crippen molar-refractivity contribution < 1.29 is 5.11 Å². The summed E-state index contributed by atoms with van der Waals surface area (Å²) in [6.45, 7) is 4.59. The van der Waals surface area contributed by atoms with Crippen LogP contribution < -0.4 is 5.32 Å². The van der Waals surface area contributed by atoms with E-state index in [1.54, 1.807) is 0 Å². The highest BCUT2D eigenvalue weighted by atomic mass is 16.3. The molecule has 1 fully saturated rings. The van der Waals surface area contributed by atoms with Crippen LogP contribution in [-0.2, 0) is 13.2 Å². The summed E-state index contributed by atoms with van der Waals surface area (Å²) in [4.78, 5) is 0. The fraction of sp³-hybridized carbons (Fsp3) is 0.647. The van der Waals surface area contributed by atoms with E-state index in [4.69, 9.17) is 5.11 Å². The molecule has 2 rings (SSSR count). The van der Waals surface area contributed by atoms with Gasteiger partial charge in [0.2, 0.25) is 0 Å². The van der Waals surface area contributed by atoms with Gasteiger partial charge in [-0.2, -0.15) is 0 Å². The Kier molecular flexibility index (Phi) is 5.87. The molecule has 0 radical (unpaired) electrons. The summed E-state index contributed by atoms with van der Waals surface area (Å²) in [5, 5.41) is 12.5. The molecule has 2 N–H and O–H groups in total. The van der Waals surface area contributed by atoms with E-state index in [9.17, 15) is 0 Å². The lowest BCUT2D eigenvalue weighted by Crippen LogP contribution is -2.21. The van der Waals surface area contributed by atoms with E-state index >= 15 is 0 Å². The van der Waals surface area contributed by atoms with Gasteiger partial charge in [0.1, 0.15) is 0 Å². The zero-order valence-electron chi connectivity index (χ0n) is 12.1. The van der Waals surface area contributed by atoms with Crippen LogP contribution in [0.25, 0.3) is 0 Å². The molecule has 1 aliphatic rings. The molecule has 1 aromatic carbocycles. The quantitative estimate of drug-likeness (QED) is 0.768. The lowest BCUT2D eigenvalue weighted by Gasteiger charge is -2.26. The van der Waals surface area contributed by atoms with Crippen LogP contribution in [0.1, 0.15) is 50.2 Å². The topological polar surface area (TPSA) is 32.3 Å². The van der Waals surface area contributed by atoms with Gasteiger partial charge in [0.15, 0.2) is 0 Å². The highest BCUT2D eigenvalue weighted by molar-refractivity contribution is 5.21. The number of benzene rings is 1. The predicted octanol–water partition coefficient (Wildman–Crippen LogP) is 3.48. The minimum absolute atomic E-state index is 0.133. The van der Waals surface area contributed by atoms with Gasteiger partial charge in [-0.3, -0.25) is 0 Å². The Labute approximate surface area is 117 Å². The van der Waals surface area contributed by atoms with Gasteiger partial charge in [0.05, 0.1) is 6.61 Å². The summed E-state index contributed by atoms with van der Waals surface area (Å²) in [5.41, 5.74) is 2.29. The Bertz CT molecular complexity index is 360. The van der Waals surface area contributed by atoms with Gasteiger partial charge in [-0.15, -0.1) is 0 Å². The number of nitrogens with one attached hydrogen (secondary N) is 1. The third-order valence-electron chi connectivity index (χ3n) is 4.31. The summed E-state index contributed by atoms with van der Waals surface area (Å²) >= 11 is 0. The summed E-state index contributed by atoms with van der Waals surface area (Å²) < 4.78 is 0. The van der Waals surface area contributed by atoms with Crippen LogP contribution >= 0.6 is 0 Å². The average molecular weight is 261 g/mol. The second kappa shape index (κ2) is 7.66. The first kappa shape index (κ1) is 14.5. The average Bonchev–Trinajstić information content (AvgIpc) is 2.44. The predicted molar refractivity (Wildman–Crippen MR) is 79.8 cm³/mol. The number of aliphatic hydroxyl groups is 1. The fourth-order valence-corrected chi connectivity index (χ4v) is 3.12. The van der Waals surface area contributed by atoms with Crippen LogP contribution in [0.4, 0.5) is 0 Å². The van der Waals surface area contributed by atoms with Gasteiger partial charge in [-0.1, -0.05) is 50.5 Å². The maximum Gasteiger partial charge on any atom is 0.0681 e. The summed E-state index contributed by atoms with van der Waals surface area (Å²) in [6.07, 6.45) is 7.03. The maximum atomic E-state index is 8.99.